The minimum absolute atomic E-state index is 0.0165. The van der Waals surface area contributed by atoms with Gasteiger partial charge in [-0.3, -0.25) is 9.59 Å². The molecule has 0 aromatic heterocycles. The van der Waals surface area contributed by atoms with Crippen molar-refractivity contribution in [3.63, 3.8) is 0 Å². The van der Waals surface area contributed by atoms with Crippen molar-refractivity contribution in [3.8, 4) is 0 Å². The third-order valence-corrected chi connectivity index (χ3v) is 4.25. The predicted molar refractivity (Wildman–Crippen MR) is 81.4 cm³/mol. The number of nitrogens with zero attached hydrogens (tertiary/aromatic N) is 1. The Kier molecular flexibility index (Phi) is 5.31. The largest absolute Gasteiger partial charge is 0.369 e. The van der Waals surface area contributed by atoms with E-state index in [9.17, 15) is 9.59 Å². The van der Waals surface area contributed by atoms with Crippen molar-refractivity contribution in [2.45, 2.75) is 19.3 Å². The quantitative estimate of drug-likeness (QED) is 0.809. The molecule has 1 saturated heterocycles. The summed E-state index contributed by atoms with van der Waals surface area (Å²) in [6, 6.07) is 7.44. The van der Waals surface area contributed by atoms with Crippen molar-refractivity contribution in [1.29, 1.82) is 0 Å². The number of carbonyl (C=O) groups excluding carboxylic acids is 2. The van der Waals surface area contributed by atoms with Crippen LogP contribution in [-0.2, 0) is 4.79 Å². The van der Waals surface area contributed by atoms with Crippen LogP contribution in [0, 0.1) is 5.92 Å². The predicted octanol–water partition coefficient (Wildman–Crippen LogP) is 2.22. The van der Waals surface area contributed by atoms with E-state index in [-0.39, 0.29) is 17.6 Å². The van der Waals surface area contributed by atoms with Crippen molar-refractivity contribution in [1.82, 2.24) is 4.90 Å². The fraction of sp³-hybridized carbons (Fsp3) is 0.467. The van der Waals surface area contributed by atoms with Crippen LogP contribution in [-0.4, -0.2) is 36.2 Å². The molecule has 1 aromatic rings. The number of primary amides is 1. The molecule has 0 radical (unpaired) electrons. The summed E-state index contributed by atoms with van der Waals surface area (Å²) in [7, 11) is 0. The van der Waals surface area contributed by atoms with E-state index in [1.165, 1.54) is 0 Å². The molecule has 0 spiro atoms. The first-order chi connectivity index (χ1) is 9.56. The van der Waals surface area contributed by atoms with Crippen LogP contribution in [0.3, 0.4) is 0 Å². The van der Waals surface area contributed by atoms with Crippen molar-refractivity contribution >= 4 is 27.6 Å². The van der Waals surface area contributed by atoms with E-state index in [1.807, 2.05) is 24.3 Å². The summed E-state index contributed by atoms with van der Waals surface area (Å²) in [5.41, 5.74) is 6.06. The standard InChI is InChI=1S/C15H19BrN2O2/c16-13-5-3-11(4-6-13)14(19)2-1-8-18-9-7-12(10-18)15(17)20/h3-6,12H,1-2,7-10H2,(H2,17,20). The molecule has 1 amide bonds. The second kappa shape index (κ2) is 6.99. The summed E-state index contributed by atoms with van der Waals surface area (Å²) in [6.45, 7) is 2.49. The van der Waals surface area contributed by atoms with E-state index >= 15 is 0 Å². The number of hydrogen-bond donors (Lipinski definition) is 1. The van der Waals surface area contributed by atoms with Crippen LogP contribution >= 0.6 is 15.9 Å². The van der Waals surface area contributed by atoms with Gasteiger partial charge in [0.15, 0.2) is 5.78 Å². The van der Waals surface area contributed by atoms with Crippen LogP contribution in [0.25, 0.3) is 0 Å². The van der Waals surface area contributed by atoms with E-state index in [0.29, 0.717) is 6.42 Å². The lowest BCUT2D eigenvalue weighted by molar-refractivity contribution is -0.121. The number of amides is 1. The molecule has 108 valence electrons. The summed E-state index contributed by atoms with van der Waals surface area (Å²) in [4.78, 5) is 25.3. The average Bonchev–Trinajstić information content (AvgIpc) is 2.88. The first kappa shape index (κ1) is 15.2. The first-order valence-corrected chi connectivity index (χ1v) is 7.66. The number of nitrogens with two attached hydrogens (primary N) is 1. The highest BCUT2D eigenvalue weighted by atomic mass is 79.9. The maximum atomic E-state index is 12.0. The lowest BCUT2D eigenvalue weighted by Gasteiger charge is -2.14. The van der Waals surface area contributed by atoms with E-state index in [4.69, 9.17) is 5.73 Å². The van der Waals surface area contributed by atoms with E-state index in [2.05, 4.69) is 20.8 Å². The van der Waals surface area contributed by atoms with E-state index in [0.717, 1.165) is 42.5 Å². The van der Waals surface area contributed by atoms with Crippen LogP contribution in [0.2, 0.25) is 0 Å². The Bertz CT molecular complexity index is 487. The second-order valence-electron chi connectivity index (χ2n) is 5.22. The number of rotatable bonds is 6. The second-order valence-corrected chi connectivity index (χ2v) is 6.14. The van der Waals surface area contributed by atoms with Gasteiger partial charge in [0.2, 0.25) is 5.91 Å². The number of Topliss-reactive ketones (excluding diaryl/α,β-unsaturated/α-hetero) is 1. The maximum absolute atomic E-state index is 12.0. The summed E-state index contributed by atoms with van der Waals surface area (Å²) >= 11 is 3.35. The van der Waals surface area contributed by atoms with Gasteiger partial charge in [0.25, 0.3) is 0 Å². The van der Waals surface area contributed by atoms with Gasteiger partial charge in [-0.2, -0.15) is 0 Å². The van der Waals surface area contributed by atoms with Crippen molar-refractivity contribution in [2.24, 2.45) is 11.7 Å². The van der Waals surface area contributed by atoms with E-state index in [1.54, 1.807) is 0 Å². The SMILES string of the molecule is NC(=O)C1CCN(CCCC(=O)c2ccc(Br)cc2)C1. The Morgan fingerprint density at radius 1 is 1.30 bits per heavy atom. The number of hydrogen-bond acceptors (Lipinski definition) is 3. The maximum Gasteiger partial charge on any atom is 0.221 e. The molecule has 1 aromatic carbocycles. The molecule has 20 heavy (non-hydrogen) atoms. The molecular weight excluding hydrogens is 320 g/mol. The third kappa shape index (κ3) is 4.15. The average molecular weight is 339 g/mol. The van der Waals surface area contributed by atoms with Crippen molar-refractivity contribution < 1.29 is 9.59 Å². The van der Waals surface area contributed by atoms with Crippen LogP contribution in [0.15, 0.2) is 28.7 Å². The van der Waals surface area contributed by atoms with Gasteiger partial charge in [0.1, 0.15) is 0 Å². The Morgan fingerprint density at radius 2 is 2.00 bits per heavy atom. The minimum atomic E-state index is -0.210. The molecule has 1 unspecified atom stereocenters. The highest BCUT2D eigenvalue weighted by Gasteiger charge is 2.25. The molecule has 5 heteroatoms. The van der Waals surface area contributed by atoms with Gasteiger partial charge < -0.3 is 10.6 Å². The van der Waals surface area contributed by atoms with Crippen LogP contribution in [0.4, 0.5) is 0 Å². The summed E-state index contributed by atoms with van der Waals surface area (Å²) in [5, 5.41) is 0. The van der Waals surface area contributed by atoms with Crippen molar-refractivity contribution in [2.75, 3.05) is 19.6 Å². The lowest BCUT2D eigenvalue weighted by Crippen LogP contribution is -2.28. The van der Waals surface area contributed by atoms with Gasteiger partial charge in [-0.1, -0.05) is 28.1 Å². The molecule has 1 atom stereocenters. The van der Waals surface area contributed by atoms with Crippen LogP contribution in [0.1, 0.15) is 29.6 Å². The number of halogens is 1. The normalized spacial score (nSPS) is 19.1. The Hall–Kier alpha value is -1.20. The number of ketones is 1. The Morgan fingerprint density at radius 3 is 2.60 bits per heavy atom. The Balaban J connectivity index is 1.72. The molecule has 0 saturated carbocycles. The van der Waals surface area contributed by atoms with E-state index < -0.39 is 0 Å². The molecule has 1 aliphatic heterocycles. The van der Waals surface area contributed by atoms with Gasteiger partial charge in [-0.25, -0.2) is 0 Å². The fourth-order valence-corrected chi connectivity index (χ4v) is 2.78. The molecule has 0 aliphatic carbocycles. The topological polar surface area (TPSA) is 63.4 Å². The highest BCUT2D eigenvalue weighted by molar-refractivity contribution is 9.10. The zero-order valence-electron chi connectivity index (χ0n) is 11.3. The minimum Gasteiger partial charge on any atom is -0.369 e. The first-order valence-electron chi connectivity index (χ1n) is 6.86. The van der Waals surface area contributed by atoms with Gasteiger partial charge >= 0.3 is 0 Å². The monoisotopic (exact) mass is 338 g/mol. The molecule has 1 aliphatic rings. The van der Waals surface area contributed by atoms with Gasteiger partial charge in [0, 0.05) is 23.0 Å². The molecule has 4 nitrogen and oxygen atoms in total. The zero-order valence-corrected chi connectivity index (χ0v) is 12.9. The summed E-state index contributed by atoms with van der Waals surface area (Å²) < 4.78 is 0.976. The van der Waals surface area contributed by atoms with Crippen LogP contribution in [0.5, 0.6) is 0 Å². The van der Waals surface area contributed by atoms with Crippen molar-refractivity contribution in [3.05, 3.63) is 34.3 Å². The molecular formula is C15H19BrN2O2. The molecule has 0 bridgehead atoms. The lowest BCUT2D eigenvalue weighted by atomic mass is 10.1. The molecule has 1 heterocycles. The number of carbonyl (C=O) groups is 2. The third-order valence-electron chi connectivity index (χ3n) is 3.72. The molecule has 1 fully saturated rings. The summed E-state index contributed by atoms with van der Waals surface area (Å²) in [6.07, 6.45) is 2.20. The van der Waals surface area contributed by atoms with Gasteiger partial charge in [0.05, 0.1) is 5.92 Å². The highest BCUT2D eigenvalue weighted by Crippen LogP contribution is 2.17. The molecule has 2 rings (SSSR count). The van der Waals surface area contributed by atoms with Gasteiger partial charge in [-0.15, -0.1) is 0 Å². The smallest absolute Gasteiger partial charge is 0.221 e. The summed E-state index contributed by atoms with van der Waals surface area (Å²) in [5.74, 6) is -0.0567. The zero-order chi connectivity index (χ0) is 14.5. The number of benzene rings is 1. The fourth-order valence-electron chi connectivity index (χ4n) is 2.51. The molecule has 2 N–H and O–H groups in total. The Labute approximate surface area is 127 Å². The van der Waals surface area contributed by atoms with Gasteiger partial charge in [-0.05, 0) is 38.1 Å². The van der Waals surface area contributed by atoms with Crippen LogP contribution < -0.4 is 5.73 Å². The number of likely N-dealkylation sites (tertiary alicyclic amines) is 1.